The monoisotopic (exact) mass is 144 g/mol. The van der Waals surface area contributed by atoms with Crippen LogP contribution >= 0.6 is 0 Å². The summed E-state index contributed by atoms with van der Waals surface area (Å²) in [6.07, 6.45) is 0. The van der Waals surface area contributed by atoms with Gasteiger partial charge in [-0.3, -0.25) is 18.9 Å². The van der Waals surface area contributed by atoms with Crippen molar-refractivity contribution in [2.24, 2.45) is 0 Å². The molecule has 0 radical (unpaired) electrons. The summed E-state index contributed by atoms with van der Waals surface area (Å²) in [5.74, 6) is 0. The van der Waals surface area contributed by atoms with Gasteiger partial charge in [0.25, 0.3) is 0 Å². The number of hydrogen-bond acceptors (Lipinski definition) is 6. The van der Waals surface area contributed by atoms with Crippen LogP contribution in [-0.4, -0.2) is 28.0 Å². The average molecular weight is 144 g/mol. The molecule has 0 saturated heterocycles. The van der Waals surface area contributed by atoms with E-state index in [1.165, 1.54) is 0 Å². The first-order chi connectivity index (χ1) is 3.00. The van der Waals surface area contributed by atoms with Gasteiger partial charge in [-0.15, -0.1) is 0 Å². The van der Waals surface area contributed by atoms with Crippen LogP contribution in [-0.2, 0) is 10.4 Å². The molecule has 0 bridgehead atoms. The Hall–Kier alpha value is 0.985. The molecule has 0 spiro atoms. The van der Waals surface area contributed by atoms with E-state index in [9.17, 15) is 0 Å². The van der Waals surface area contributed by atoms with E-state index in [-0.39, 0.29) is 37.7 Å². The first-order valence-corrected chi connectivity index (χ1v) is 2.20. The summed E-state index contributed by atoms with van der Waals surface area (Å²) in [6, 6.07) is 0. The van der Waals surface area contributed by atoms with Crippen LogP contribution < -0.4 is 37.7 Å². The van der Waals surface area contributed by atoms with Crippen LogP contribution in [0, 0.1) is 0 Å². The first kappa shape index (κ1) is 22.5. The molecule has 9 heavy (non-hydrogen) atoms. The normalized spacial score (nSPS) is 7.11. The van der Waals surface area contributed by atoms with Crippen molar-refractivity contribution in [3.63, 3.8) is 0 Å². The van der Waals surface area contributed by atoms with E-state index >= 15 is 0 Å². The molecule has 0 aromatic carbocycles. The molecule has 9 heteroatoms. The van der Waals surface area contributed by atoms with Gasteiger partial charge in [0, 0.05) is 10.4 Å². The third-order valence-electron chi connectivity index (χ3n) is 0. The Balaban J connectivity index is -0.0000000286. The van der Waals surface area contributed by atoms with Gasteiger partial charge in [-0.1, -0.05) is 0 Å². The fourth-order valence-corrected chi connectivity index (χ4v) is 0. The molecule has 0 aliphatic carbocycles. The van der Waals surface area contributed by atoms with E-state index in [0.717, 1.165) is 0 Å². The Bertz CT molecular complexity index is 94.2. The minimum absolute atomic E-state index is 0. The fraction of sp³-hybridized carbons (Fsp3) is 0. The molecule has 0 fully saturated rings. The van der Waals surface area contributed by atoms with Gasteiger partial charge in [0.2, 0.25) is 0 Å². The van der Waals surface area contributed by atoms with Gasteiger partial charge in [-0.25, -0.2) is 0 Å². The molecule has 46 valence electrons. The molecule has 6 nitrogen and oxygen atoms in total. The van der Waals surface area contributed by atoms with Gasteiger partial charge in [0.05, 0.1) is 0 Å². The molecule has 2 N–H and O–H groups in total. The van der Waals surface area contributed by atoms with Gasteiger partial charge < -0.3 is 9.11 Å². The maximum absolute atomic E-state index is 8.52. The van der Waals surface area contributed by atoms with E-state index < -0.39 is 10.4 Å². The summed E-state index contributed by atoms with van der Waals surface area (Å²) in [7, 11) is -5.17. The summed E-state index contributed by atoms with van der Waals surface area (Å²) in [5.41, 5.74) is 0. The second-order valence-corrected chi connectivity index (χ2v) is 1.22. The van der Waals surface area contributed by atoms with Crippen molar-refractivity contribution in [1.82, 2.24) is 0 Å². The SMILES string of the molecule is O=S(=O)([O-])[O-].OO.[Li+].[Li+]. The predicted octanol–water partition coefficient (Wildman–Crippen LogP) is -7.31. The summed E-state index contributed by atoms with van der Waals surface area (Å²) in [5, 5.41) is 12.0. The molecule has 0 aromatic rings. The van der Waals surface area contributed by atoms with Crippen LogP contribution in [0.4, 0.5) is 0 Å². The van der Waals surface area contributed by atoms with Gasteiger partial charge in [-0.05, 0) is 0 Å². The van der Waals surface area contributed by atoms with Crippen LogP contribution in [0.1, 0.15) is 0 Å². The van der Waals surface area contributed by atoms with Crippen molar-refractivity contribution >= 4 is 10.4 Å². The van der Waals surface area contributed by atoms with E-state index in [4.69, 9.17) is 28.0 Å². The Morgan fingerprint density at radius 3 is 1.00 bits per heavy atom. The van der Waals surface area contributed by atoms with Gasteiger partial charge in [0.1, 0.15) is 0 Å². The van der Waals surface area contributed by atoms with E-state index in [1.54, 1.807) is 0 Å². The smallest absolute Gasteiger partial charge is 0.759 e. The number of hydrogen-bond donors (Lipinski definition) is 2. The van der Waals surface area contributed by atoms with Crippen LogP contribution in [0.5, 0.6) is 0 Å². The second-order valence-electron chi connectivity index (χ2n) is 0.408. The molecule has 0 heterocycles. The zero-order valence-electron chi connectivity index (χ0n) is 4.94. The first-order valence-electron chi connectivity index (χ1n) is 0.867. The second kappa shape index (κ2) is 11.7. The van der Waals surface area contributed by atoms with Crippen molar-refractivity contribution in [1.29, 1.82) is 0 Å². The molecule has 0 rings (SSSR count). The molecular weight excluding hydrogens is 142 g/mol. The fourth-order valence-electron chi connectivity index (χ4n) is 0. The average Bonchev–Trinajstić information content (AvgIpc) is 1.36. The Morgan fingerprint density at radius 1 is 1.00 bits per heavy atom. The topological polar surface area (TPSA) is 121 Å². The molecule has 0 aromatic heterocycles. The minimum atomic E-state index is -5.17. The van der Waals surface area contributed by atoms with Crippen molar-refractivity contribution < 1.29 is 65.8 Å². The van der Waals surface area contributed by atoms with Gasteiger partial charge in [-0.2, -0.15) is 0 Å². The standard InChI is InChI=1S/2Li.H2O4S.H2O2/c;;1-5(2,3)4;1-2/h;;(H2,1,2,3,4);1-2H/q2*+1;;/p-2. The maximum Gasteiger partial charge on any atom is 1.00 e. The molecule has 0 aliphatic heterocycles. The number of rotatable bonds is 0. The third kappa shape index (κ3) is 452. The third-order valence-corrected chi connectivity index (χ3v) is 0. The summed E-state index contributed by atoms with van der Waals surface area (Å²) >= 11 is 0. The quantitative estimate of drug-likeness (QED) is 0.114. The molecule has 0 saturated carbocycles. The summed E-state index contributed by atoms with van der Waals surface area (Å²) in [4.78, 5) is 0. The molecule has 0 amide bonds. The van der Waals surface area contributed by atoms with Gasteiger partial charge in [0.15, 0.2) is 0 Å². The Labute approximate surface area is 76.1 Å². The molecular formula is H2Li2O6S. The van der Waals surface area contributed by atoms with E-state index in [2.05, 4.69) is 0 Å². The predicted molar refractivity (Wildman–Crippen MR) is 15.7 cm³/mol. The van der Waals surface area contributed by atoms with Crippen LogP contribution in [0.2, 0.25) is 0 Å². The van der Waals surface area contributed by atoms with Crippen molar-refractivity contribution in [3.05, 3.63) is 0 Å². The largest absolute Gasteiger partial charge is 1.00 e. The summed E-state index contributed by atoms with van der Waals surface area (Å²) < 4.78 is 34.1. The Kier molecular flexibility index (Phi) is 29.4. The van der Waals surface area contributed by atoms with Gasteiger partial charge >= 0.3 is 37.7 Å². The zero-order valence-corrected chi connectivity index (χ0v) is 5.75. The molecule has 0 aliphatic rings. The summed E-state index contributed by atoms with van der Waals surface area (Å²) in [6.45, 7) is 0. The Morgan fingerprint density at radius 2 is 1.00 bits per heavy atom. The minimum Gasteiger partial charge on any atom is -0.759 e. The van der Waals surface area contributed by atoms with E-state index in [1.807, 2.05) is 0 Å². The maximum atomic E-state index is 8.52. The zero-order chi connectivity index (χ0) is 6.50. The van der Waals surface area contributed by atoms with Crippen molar-refractivity contribution in [2.75, 3.05) is 0 Å². The molecule has 0 atom stereocenters. The molecule has 0 unspecified atom stereocenters. The van der Waals surface area contributed by atoms with Crippen molar-refractivity contribution in [3.8, 4) is 0 Å². The van der Waals surface area contributed by atoms with Crippen molar-refractivity contribution in [2.45, 2.75) is 0 Å². The van der Waals surface area contributed by atoms with Crippen LogP contribution in [0.25, 0.3) is 0 Å². The van der Waals surface area contributed by atoms with Crippen LogP contribution in [0.3, 0.4) is 0 Å². The van der Waals surface area contributed by atoms with Crippen LogP contribution in [0.15, 0.2) is 0 Å². The van der Waals surface area contributed by atoms with E-state index in [0.29, 0.717) is 0 Å².